The molecule has 0 amide bonds. The second kappa shape index (κ2) is 6.82. The van der Waals surface area contributed by atoms with Crippen LogP contribution in [0.2, 0.25) is 0 Å². The van der Waals surface area contributed by atoms with Gasteiger partial charge in [-0.25, -0.2) is 0 Å². The van der Waals surface area contributed by atoms with E-state index >= 15 is 0 Å². The molecule has 0 radical (unpaired) electrons. The largest absolute Gasteiger partial charge is 0.468 e. The molecule has 0 aromatic carbocycles. The lowest BCUT2D eigenvalue weighted by molar-refractivity contribution is 0.00373. The molecule has 0 aliphatic carbocycles. The summed E-state index contributed by atoms with van der Waals surface area (Å²) in [6.45, 7) is 4.13. The molecule has 1 aliphatic rings. The molecule has 1 aliphatic heterocycles. The quantitative estimate of drug-likeness (QED) is 0.824. The fourth-order valence-electron chi connectivity index (χ4n) is 2.36. The Labute approximate surface area is 104 Å². The van der Waals surface area contributed by atoms with Gasteiger partial charge >= 0.3 is 0 Å². The van der Waals surface area contributed by atoms with Gasteiger partial charge in [-0.3, -0.25) is 0 Å². The van der Waals surface area contributed by atoms with Gasteiger partial charge in [0.2, 0.25) is 0 Å². The van der Waals surface area contributed by atoms with Crippen LogP contribution in [-0.4, -0.2) is 19.3 Å². The molecule has 17 heavy (non-hydrogen) atoms. The third-order valence-corrected chi connectivity index (χ3v) is 3.30. The molecule has 1 aromatic heterocycles. The standard InChI is InChI=1S/C14H23NO2/c1-2-8-15-13(14-7-5-10-17-14)11-12-6-3-4-9-16-12/h5,7,10,12-13,15H,2-4,6,8-9,11H2,1H3. The summed E-state index contributed by atoms with van der Waals surface area (Å²) in [4.78, 5) is 0. The van der Waals surface area contributed by atoms with Gasteiger partial charge in [-0.2, -0.15) is 0 Å². The molecule has 3 heteroatoms. The number of hydrogen-bond donors (Lipinski definition) is 1. The van der Waals surface area contributed by atoms with Crippen LogP contribution in [0.4, 0.5) is 0 Å². The van der Waals surface area contributed by atoms with Crippen molar-refractivity contribution in [2.45, 2.75) is 51.2 Å². The van der Waals surface area contributed by atoms with Gasteiger partial charge in [0.25, 0.3) is 0 Å². The van der Waals surface area contributed by atoms with Crippen LogP contribution in [-0.2, 0) is 4.74 Å². The van der Waals surface area contributed by atoms with E-state index in [2.05, 4.69) is 18.3 Å². The molecule has 0 saturated carbocycles. The highest BCUT2D eigenvalue weighted by atomic mass is 16.5. The minimum Gasteiger partial charge on any atom is -0.468 e. The number of rotatable bonds is 6. The minimum atomic E-state index is 0.299. The van der Waals surface area contributed by atoms with Crippen molar-refractivity contribution in [1.82, 2.24) is 5.32 Å². The number of hydrogen-bond acceptors (Lipinski definition) is 3. The highest BCUT2D eigenvalue weighted by Gasteiger charge is 2.21. The van der Waals surface area contributed by atoms with Gasteiger partial charge in [-0.1, -0.05) is 6.92 Å². The Morgan fingerprint density at radius 2 is 2.41 bits per heavy atom. The lowest BCUT2D eigenvalue weighted by Gasteiger charge is -2.26. The highest BCUT2D eigenvalue weighted by Crippen LogP contribution is 2.25. The minimum absolute atomic E-state index is 0.299. The summed E-state index contributed by atoms with van der Waals surface area (Å²) < 4.78 is 11.3. The first kappa shape index (κ1) is 12.7. The molecule has 2 rings (SSSR count). The van der Waals surface area contributed by atoms with E-state index in [4.69, 9.17) is 9.15 Å². The van der Waals surface area contributed by atoms with Crippen LogP contribution < -0.4 is 5.32 Å². The predicted molar refractivity (Wildman–Crippen MR) is 68.0 cm³/mol. The lowest BCUT2D eigenvalue weighted by atomic mass is 10.0. The van der Waals surface area contributed by atoms with Gasteiger partial charge in [0.1, 0.15) is 5.76 Å². The first-order valence-electron chi connectivity index (χ1n) is 6.78. The van der Waals surface area contributed by atoms with Crippen LogP contribution in [0, 0.1) is 0 Å². The molecule has 96 valence electrons. The fourth-order valence-corrected chi connectivity index (χ4v) is 2.36. The zero-order valence-corrected chi connectivity index (χ0v) is 10.7. The van der Waals surface area contributed by atoms with E-state index in [1.54, 1.807) is 6.26 Å². The van der Waals surface area contributed by atoms with Crippen LogP contribution in [0.3, 0.4) is 0 Å². The molecular formula is C14H23NO2. The van der Waals surface area contributed by atoms with E-state index in [1.165, 1.54) is 19.3 Å². The van der Waals surface area contributed by atoms with E-state index in [0.29, 0.717) is 12.1 Å². The molecule has 2 heterocycles. The van der Waals surface area contributed by atoms with Gasteiger partial charge in [0.15, 0.2) is 0 Å². The van der Waals surface area contributed by atoms with Gasteiger partial charge in [0.05, 0.1) is 18.4 Å². The summed E-state index contributed by atoms with van der Waals surface area (Å²) in [5.41, 5.74) is 0. The summed E-state index contributed by atoms with van der Waals surface area (Å²) in [7, 11) is 0. The van der Waals surface area contributed by atoms with Crippen LogP contribution in [0.5, 0.6) is 0 Å². The van der Waals surface area contributed by atoms with E-state index in [1.807, 2.05) is 6.07 Å². The summed E-state index contributed by atoms with van der Waals surface area (Å²) in [5, 5.41) is 3.55. The normalized spacial score (nSPS) is 22.5. The Kier molecular flexibility index (Phi) is 5.08. The van der Waals surface area contributed by atoms with Crippen LogP contribution >= 0.6 is 0 Å². The molecular weight excluding hydrogens is 214 g/mol. The Bertz CT molecular complexity index is 291. The number of ether oxygens (including phenoxy) is 1. The maximum Gasteiger partial charge on any atom is 0.120 e. The smallest absolute Gasteiger partial charge is 0.120 e. The molecule has 0 spiro atoms. The molecule has 1 N–H and O–H groups in total. The maximum absolute atomic E-state index is 5.80. The second-order valence-corrected chi connectivity index (χ2v) is 4.75. The Balaban J connectivity index is 1.90. The molecule has 0 bridgehead atoms. The maximum atomic E-state index is 5.80. The SMILES string of the molecule is CCCNC(CC1CCCCO1)c1ccco1. The highest BCUT2D eigenvalue weighted by molar-refractivity contribution is 5.04. The Hall–Kier alpha value is -0.800. The number of furan rings is 1. The van der Waals surface area contributed by atoms with Gasteiger partial charge in [-0.05, 0) is 50.8 Å². The molecule has 1 aromatic rings. The van der Waals surface area contributed by atoms with E-state index in [9.17, 15) is 0 Å². The third kappa shape index (κ3) is 3.86. The van der Waals surface area contributed by atoms with Crippen molar-refractivity contribution < 1.29 is 9.15 Å². The number of nitrogens with one attached hydrogen (secondary N) is 1. The first-order chi connectivity index (χ1) is 8.40. The van der Waals surface area contributed by atoms with E-state index < -0.39 is 0 Å². The summed E-state index contributed by atoms with van der Waals surface area (Å²) >= 11 is 0. The molecule has 1 fully saturated rings. The fraction of sp³-hybridized carbons (Fsp3) is 0.714. The van der Waals surface area contributed by atoms with Crippen molar-refractivity contribution in [2.75, 3.05) is 13.2 Å². The van der Waals surface area contributed by atoms with E-state index in [0.717, 1.165) is 31.8 Å². The average molecular weight is 237 g/mol. The summed E-state index contributed by atoms with van der Waals surface area (Å²) in [6.07, 6.45) is 8.00. The second-order valence-electron chi connectivity index (χ2n) is 4.75. The van der Waals surface area contributed by atoms with Crippen LogP contribution in [0.1, 0.15) is 50.8 Å². The van der Waals surface area contributed by atoms with Crippen molar-refractivity contribution in [3.05, 3.63) is 24.2 Å². The summed E-state index contributed by atoms with van der Waals surface area (Å²) in [5.74, 6) is 1.03. The Morgan fingerprint density at radius 3 is 3.06 bits per heavy atom. The van der Waals surface area contributed by atoms with Crippen molar-refractivity contribution in [1.29, 1.82) is 0 Å². The molecule has 3 nitrogen and oxygen atoms in total. The average Bonchev–Trinajstić information content (AvgIpc) is 2.89. The monoisotopic (exact) mass is 237 g/mol. The van der Waals surface area contributed by atoms with Crippen molar-refractivity contribution in [2.24, 2.45) is 0 Å². The van der Waals surface area contributed by atoms with Crippen molar-refractivity contribution >= 4 is 0 Å². The van der Waals surface area contributed by atoms with Gasteiger partial charge in [-0.15, -0.1) is 0 Å². The van der Waals surface area contributed by atoms with Crippen molar-refractivity contribution in [3.8, 4) is 0 Å². The topological polar surface area (TPSA) is 34.4 Å². The van der Waals surface area contributed by atoms with Gasteiger partial charge in [0, 0.05) is 6.61 Å². The summed E-state index contributed by atoms with van der Waals surface area (Å²) in [6, 6.07) is 4.31. The lowest BCUT2D eigenvalue weighted by Crippen LogP contribution is -2.29. The zero-order valence-electron chi connectivity index (χ0n) is 10.7. The van der Waals surface area contributed by atoms with Gasteiger partial charge < -0.3 is 14.5 Å². The predicted octanol–water partition coefficient (Wildman–Crippen LogP) is 3.28. The van der Waals surface area contributed by atoms with Crippen LogP contribution in [0.25, 0.3) is 0 Å². The van der Waals surface area contributed by atoms with Crippen molar-refractivity contribution in [3.63, 3.8) is 0 Å². The van der Waals surface area contributed by atoms with Crippen LogP contribution in [0.15, 0.2) is 22.8 Å². The third-order valence-electron chi connectivity index (χ3n) is 3.30. The first-order valence-corrected chi connectivity index (χ1v) is 6.78. The molecule has 1 saturated heterocycles. The Morgan fingerprint density at radius 1 is 1.47 bits per heavy atom. The molecule has 2 unspecified atom stereocenters. The molecule has 2 atom stereocenters. The van der Waals surface area contributed by atoms with E-state index in [-0.39, 0.29) is 0 Å². The zero-order chi connectivity index (χ0) is 11.9.